The zero-order valence-electron chi connectivity index (χ0n) is 21.4. The van der Waals surface area contributed by atoms with Crippen molar-refractivity contribution in [2.24, 2.45) is 0 Å². The van der Waals surface area contributed by atoms with Crippen LogP contribution in [0.4, 0.5) is 0 Å². The fraction of sp³-hybridized carbons (Fsp3) is 0.419. The maximum Gasteiger partial charge on any atom is 0.131 e. The van der Waals surface area contributed by atoms with Gasteiger partial charge in [0.1, 0.15) is 5.75 Å². The third kappa shape index (κ3) is 4.63. The van der Waals surface area contributed by atoms with Gasteiger partial charge in [0.15, 0.2) is 0 Å². The number of phenolic OH excluding ortho intramolecular Hbond substituents is 1. The summed E-state index contributed by atoms with van der Waals surface area (Å²) >= 11 is 0. The summed E-state index contributed by atoms with van der Waals surface area (Å²) < 4.78 is 0. The topological polar surface area (TPSA) is 20.2 Å². The van der Waals surface area contributed by atoms with Crippen LogP contribution in [0, 0.1) is 6.92 Å². The first-order chi connectivity index (χ1) is 15.0. The summed E-state index contributed by atoms with van der Waals surface area (Å²) in [7, 11) is 0. The first-order valence-corrected chi connectivity index (χ1v) is 12.1. The van der Waals surface area contributed by atoms with Gasteiger partial charge < -0.3 is 5.11 Å². The van der Waals surface area contributed by atoms with Gasteiger partial charge in [0.2, 0.25) is 0 Å². The SMILES string of the molecule is Cc1ccc(-c2cccc(-c3c(C(C)C)cc(C(C)C)cc3C(C)C)c2O)c(C(C)C)c1. The minimum absolute atomic E-state index is 0.370. The Morgan fingerprint density at radius 3 is 1.59 bits per heavy atom. The standard InChI is InChI=1S/C31H40O/c1-18(2)23-16-28(20(5)6)30(29(17-23)21(7)8)26-12-10-11-25(31(26)32)24-14-13-22(9)15-27(24)19(3)4/h10-21,32H,1-9H3. The molecular formula is C31H40O. The van der Waals surface area contributed by atoms with Crippen molar-refractivity contribution >= 4 is 0 Å². The van der Waals surface area contributed by atoms with Gasteiger partial charge in [0.05, 0.1) is 0 Å². The molecule has 170 valence electrons. The smallest absolute Gasteiger partial charge is 0.131 e. The lowest BCUT2D eigenvalue weighted by Gasteiger charge is -2.24. The van der Waals surface area contributed by atoms with E-state index in [0.29, 0.717) is 29.4 Å². The van der Waals surface area contributed by atoms with E-state index in [4.69, 9.17) is 0 Å². The van der Waals surface area contributed by atoms with Crippen LogP contribution in [-0.4, -0.2) is 5.11 Å². The summed E-state index contributed by atoms with van der Waals surface area (Å²) in [6.45, 7) is 20.1. The highest BCUT2D eigenvalue weighted by Gasteiger charge is 2.22. The van der Waals surface area contributed by atoms with Crippen molar-refractivity contribution in [3.63, 3.8) is 0 Å². The Kier molecular flexibility index (Phi) is 7.18. The van der Waals surface area contributed by atoms with E-state index in [1.807, 2.05) is 0 Å². The summed E-state index contributed by atoms with van der Waals surface area (Å²) in [6.07, 6.45) is 0. The van der Waals surface area contributed by atoms with Crippen LogP contribution in [0.15, 0.2) is 48.5 Å². The van der Waals surface area contributed by atoms with E-state index in [2.05, 4.69) is 111 Å². The molecule has 0 saturated heterocycles. The third-order valence-corrected chi connectivity index (χ3v) is 6.56. The van der Waals surface area contributed by atoms with Gasteiger partial charge >= 0.3 is 0 Å². The minimum Gasteiger partial charge on any atom is -0.507 e. The number of hydrogen-bond acceptors (Lipinski definition) is 1. The van der Waals surface area contributed by atoms with E-state index in [1.165, 1.54) is 33.4 Å². The number of aromatic hydroxyl groups is 1. The zero-order chi connectivity index (χ0) is 23.7. The molecule has 3 rings (SSSR count). The highest BCUT2D eigenvalue weighted by molar-refractivity contribution is 5.86. The van der Waals surface area contributed by atoms with Gasteiger partial charge in [-0.15, -0.1) is 0 Å². The van der Waals surface area contributed by atoms with Crippen LogP contribution in [0.2, 0.25) is 0 Å². The lowest BCUT2D eigenvalue weighted by Crippen LogP contribution is -2.04. The van der Waals surface area contributed by atoms with Crippen molar-refractivity contribution in [3.05, 3.63) is 76.3 Å². The average Bonchev–Trinajstić information content (AvgIpc) is 2.73. The molecule has 0 bridgehead atoms. The van der Waals surface area contributed by atoms with E-state index < -0.39 is 0 Å². The van der Waals surface area contributed by atoms with E-state index >= 15 is 0 Å². The molecule has 0 fully saturated rings. The second-order valence-corrected chi connectivity index (χ2v) is 10.5. The van der Waals surface area contributed by atoms with Gasteiger partial charge in [-0.05, 0) is 64.0 Å². The predicted octanol–water partition coefficient (Wildman–Crippen LogP) is 9.53. The molecule has 0 atom stereocenters. The zero-order valence-corrected chi connectivity index (χ0v) is 21.4. The first kappa shape index (κ1) is 24.1. The molecule has 1 heteroatoms. The molecule has 0 amide bonds. The van der Waals surface area contributed by atoms with Crippen LogP contribution < -0.4 is 0 Å². The Bertz CT molecular complexity index is 1070. The van der Waals surface area contributed by atoms with Crippen LogP contribution in [0.3, 0.4) is 0 Å². The predicted molar refractivity (Wildman–Crippen MR) is 140 cm³/mol. The number of phenols is 1. The molecule has 0 unspecified atom stereocenters. The van der Waals surface area contributed by atoms with Crippen molar-refractivity contribution < 1.29 is 5.11 Å². The molecule has 0 aromatic heterocycles. The second-order valence-electron chi connectivity index (χ2n) is 10.5. The molecule has 0 aliphatic carbocycles. The van der Waals surface area contributed by atoms with Gasteiger partial charge in [0.25, 0.3) is 0 Å². The van der Waals surface area contributed by atoms with Gasteiger partial charge in [-0.2, -0.15) is 0 Å². The largest absolute Gasteiger partial charge is 0.507 e. The molecule has 3 aromatic rings. The fourth-order valence-electron chi connectivity index (χ4n) is 4.63. The molecule has 0 radical (unpaired) electrons. The monoisotopic (exact) mass is 428 g/mol. The van der Waals surface area contributed by atoms with E-state index in [1.54, 1.807) is 0 Å². The Morgan fingerprint density at radius 2 is 1.09 bits per heavy atom. The van der Waals surface area contributed by atoms with Gasteiger partial charge in [-0.1, -0.05) is 109 Å². The van der Waals surface area contributed by atoms with E-state index in [-0.39, 0.29) is 0 Å². The van der Waals surface area contributed by atoms with Crippen molar-refractivity contribution in [2.75, 3.05) is 0 Å². The molecular weight excluding hydrogens is 388 g/mol. The quantitative estimate of drug-likeness (QED) is 0.414. The molecule has 0 saturated carbocycles. The lowest BCUT2D eigenvalue weighted by molar-refractivity contribution is 0.479. The second kappa shape index (κ2) is 9.53. The highest BCUT2D eigenvalue weighted by Crippen LogP contribution is 2.46. The summed E-state index contributed by atoms with van der Waals surface area (Å²) in [4.78, 5) is 0. The van der Waals surface area contributed by atoms with E-state index in [0.717, 1.165) is 16.7 Å². The molecule has 1 nitrogen and oxygen atoms in total. The maximum atomic E-state index is 11.7. The minimum atomic E-state index is 0.370. The Labute approximate surface area is 195 Å². The third-order valence-electron chi connectivity index (χ3n) is 6.56. The van der Waals surface area contributed by atoms with Crippen molar-refractivity contribution in [1.82, 2.24) is 0 Å². The van der Waals surface area contributed by atoms with E-state index in [9.17, 15) is 5.11 Å². The summed E-state index contributed by atoms with van der Waals surface area (Å²) in [5.74, 6) is 1.99. The van der Waals surface area contributed by atoms with Crippen LogP contribution in [0.25, 0.3) is 22.3 Å². The maximum absolute atomic E-state index is 11.7. The van der Waals surface area contributed by atoms with Gasteiger partial charge in [-0.25, -0.2) is 0 Å². The highest BCUT2D eigenvalue weighted by atomic mass is 16.3. The summed E-state index contributed by atoms with van der Waals surface area (Å²) in [5.41, 5.74) is 10.7. The molecule has 32 heavy (non-hydrogen) atoms. The first-order valence-electron chi connectivity index (χ1n) is 12.1. The van der Waals surface area contributed by atoms with Crippen LogP contribution >= 0.6 is 0 Å². The van der Waals surface area contributed by atoms with Gasteiger partial charge in [-0.3, -0.25) is 0 Å². The Balaban J connectivity index is 2.35. The van der Waals surface area contributed by atoms with Gasteiger partial charge in [0, 0.05) is 11.1 Å². The van der Waals surface area contributed by atoms with Crippen molar-refractivity contribution in [2.45, 2.75) is 86.0 Å². The van der Waals surface area contributed by atoms with Crippen LogP contribution in [0.1, 0.15) is 107 Å². The summed E-state index contributed by atoms with van der Waals surface area (Å²) in [6, 6.07) is 17.5. The number of hydrogen-bond donors (Lipinski definition) is 1. The molecule has 3 aromatic carbocycles. The Hall–Kier alpha value is -2.54. The van der Waals surface area contributed by atoms with Crippen molar-refractivity contribution in [1.29, 1.82) is 0 Å². The molecule has 0 spiro atoms. The van der Waals surface area contributed by atoms with Crippen LogP contribution in [0.5, 0.6) is 5.75 Å². The average molecular weight is 429 g/mol. The molecule has 0 aliphatic rings. The summed E-state index contributed by atoms with van der Waals surface area (Å²) in [5, 5.41) is 11.7. The normalized spacial score (nSPS) is 11.9. The number of benzene rings is 3. The number of aryl methyl sites for hydroxylation is 1. The Morgan fingerprint density at radius 1 is 0.562 bits per heavy atom. The molecule has 0 heterocycles. The number of rotatable bonds is 6. The lowest BCUT2D eigenvalue weighted by atomic mass is 9.80. The molecule has 0 aliphatic heterocycles. The molecule has 1 N–H and O–H groups in total. The van der Waals surface area contributed by atoms with Crippen LogP contribution in [-0.2, 0) is 0 Å². The van der Waals surface area contributed by atoms with Crippen molar-refractivity contribution in [3.8, 4) is 28.0 Å². The number of para-hydroxylation sites is 1. The fourth-order valence-corrected chi connectivity index (χ4v) is 4.63.